The molecule has 2 fully saturated rings. The molecule has 0 unspecified atom stereocenters. The average Bonchev–Trinajstić information content (AvgIpc) is 3.23. The smallest absolute Gasteiger partial charge is 0.354 e. The van der Waals surface area contributed by atoms with Crippen molar-refractivity contribution in [2.45, 2.75) is 19.8 Å². The van der Waals surface area contributed by atoms with Crippen molar-refractivity contribution in [2.75, 3.05) is 37.6 Å². The molecule has 0 radical (unpaired) electrons. The molecule has 1 aromatic heterocycles. The lowest BCUT2D eigenvalue weighted by molar-refractivity contribution is 0.0690. The maximum atomic E-state index is 11.1. The molecule has 1 saturated heterocycles. The van der Waals surface area contributed by atoms with Gasteiger partial charge in [0.15, 0.2) is 5.69 Å². The number of aromatic nitrogens is 2. The number of aromatic carboxylic acids is 1. The molecule has 6 heteroatoms. The molecule has 3 rings (SSSR count). The maximum Gasteiger partial charge on any atom is 0.354 e. The lowest BCUT2D eigenvalue weighted by Gasteiger charge is -2.34. The van der Waals surface area contributed by atoms with Crippen LogP contribution in [0.1, 0.15) is 29.0 Å². The van der Waals surface area contributed by atoms with Crippen LogP contribution in [-0.2, 0) is 0 Å². The molecule has 1 N–H and O–H groups in total. The van der Waals surface area contributed by atoms with Crippen molar-refractivity contribution in [3.63, 3.8) is 0 Å². The summed E-state index contributed by atoms with van der Waals surface area (Å²) in [7, 11) is 0. The molecule has 0 atom stereocenters. The number of carbonyl (C=O) groups is 1. The summed E-state index contributed by atoms with van der Waals surface area (Å²) in [4.78, 5) is 24.1. The van der Waals surface area contributed by atoms with Gasteiger partial charge in [-0.3, -0.25) is 4.90 Å². The second kappa shape index (κ2) is 5.36. The van der Waals surface area contributed by atoms with Gasteiger partial charge in [0.1, 0.15) is 0 Å². The first kappa shape index (κ1) is 13.3. The molecule has 2 heterocycles. The number of carboxylic acids is 1. The number of anilines is 1. The Hall–Kier alpha value is -1.69. The quantitative estimate of drug-likeness (QED) is 0.885. The molecule has 20 heavy (non-hydrogen) atoms. The van der Waals surface area contributed by atoms with Crippen LogP contribution in [-0.4, -0.2) is 58.7 Å². The van der Waals surface area contributed by atoms with Crippen LogP contribution >= 0.6 is 0 Å². The summed E-state index contributed by atoms with van der Waals surface area (Å²) in [6.45, 7) is 6.78. The largest absolute Gasteiger partial charge is 0.477 e. The zero-order valence-electron chi connectivity index (χ0n) is 11.7. The van der Waals surface area contributed by atoms with Crippen LogP contribution < -0.4 is 4.90 Å². The van der Waals surface area contributed by atoms with Crippen LogP contribution in [0.25, 0.3) is 0 Å². The summed E-state index contributed by atoms with van der Waals surface area (Å²) < 4.78 is 0. The van der Waals surface area contributed by atoms with Crippen molar-refractivity contribution in [3.05, 3.63) is 17.5 Å². The van der Waals surface area contributed by atoms with Gasteiger partial charge in [-0.05, 0) is 31.7 Å². The Bertz CT molecular complexity index is 508. The highest BCUT2D eigenvalue weighted by Crippen LogP contribution is 2.30. The van der Waals surface area contributed by atoms with E-state index < -0.39 is 5.97 Å². The summed E-state index contributed by atoms with van der Waals surface area (Å²) in [6, 6.07) is 1.51. The van der Waals surface area contributed by atoms with Gasteiger partial charge in [0.25, 0.3) is 0 Å². The highest BCUT2D eigenvalue weighted by Gasteiger charge is 2.27. The Morgan fingerprint density at radius 1 is 1.30 bits per heavy atom. The van der Waals surface area contributed by atoms with Crippen molar-refractivity contribution in [1.29, 1.82) is 0 Å². The monoisotopic (exact) mass is 276 g/mol. The van der Waals surface area contributed by atoms with Crippen LogP contribution in [0.15, 0.2) is 6.07 Å². The van der Waals surface area contributed by atoms with Gasteiger partial charge >= 0.3 is 5.97 Å². The Balaban J connectivity index is 1.66. The molecular formula is C14H20N4O2. The predicted octanol–water partition coefficient (Wildman–Crippen LogP) is 1.02. The van der Waals surface area contributed by atoms with E-state index in [4.69, 9.17) is 5.11 Å². The van der Waals surface area contributed by atoms with Gasteiger partial charge in [0.05, 0.1) is 0 Å². The number of rotatable bonds is 4. The van der Waals surface area contributed by atoms with Crippen molar-refractivity contribution in [2.24, 2.45) is 5.92 Å². The minimum Gasteiger partial charge on any atom is -0.477 e. The molecule has 0 amide bonds. The third-order valence-corrected chi connectivity index (χ3v) is 3.93. The first-order valence-electron chi connectivity index (χ1n) is 7.18. The molecule has 1 aliphatic heterocycles. The zero-order valence-corrected chi connectivity index (χ0v) is 11.7. The number of hydrogen-bond donors (Lipinski definition) is 1. The van der Waals surface area contributed by atoms with Crippen molar-refractivity contribution in [3.8, 4) is 0 Å². The Kier molecular flexibility index (Phi) is 3.56. The molecule has 6 nitrogen and oxygen atoms in total. The normalized spacial score (nSPS) is 20.1. The number of hydrogen-bond acceptors (Lipinski definition) is 5. The molecule has 1 aliphatic carbocycles. The molecule has 1 saturated carbocycles. The van der Waals surface area contributed by atoms with Gasteiger partial charge in [0.2, 0.25) is 5.95 Å². The Labute approximate surface area is 118 Å². The van der Waals surface area contributed by atoms with Crippen molar-refractivity contribution >= 4 is 11.9 Å². The number of nitrogens with zero attached hydrogens (tertiary/aromatic N) is 4. The molecule has 0 spiro atoms. The molecule has 1 aromatic rings. The maximum absolute atomic E-state index is 11.1. The third kappa shape index (κ3) is 3.07. The Morgan fingerprint density at radius 3 is 2.60 bits per heavy atom. The molecule has 0 aromatic carbocycles. The van der Waals surface area contributed by atoms with Gasteiger partial charge < -0.3 is 10.0 Å². The van der Waals surface area contributed by atoms with Gasteiger partial charge in [-0.25, -0.2) is 14.8 Å². The highest BCUT2D eigenvalue weighted by atomic mass is 16.4. The summed E-state index contributed by atoms with van der Waals surface area (Å²) in [5.41, 5.74) is 0.778. The summed E-state index contributed by atoms with van der Waals surface area (Å²) >= 11 is 0. The van der Waals surface area contributed by atoms with Crippen molar-refractivity contribution < 1.29 is 9.90 Å². The van der Waals surface area contributed by atoms with Gasteiger partial charge in [-0.1, -0.05) is 0 Å². The predicted molar refractivity (Wildman–Crippen MR) is 75.1 cm³/mol. The van der Waals surface area contributed by atoms with Gasteiger partial charge in [-0.2, -0.15) is 0 Å². The molecule has 108 valence electrons. The standard InChI is InChI=1S/C14H20N4O2/c1-10-8-12(13(19)20)16-14(15-10)18-6-4-17(5-7-18)9-11-2-3-11/h8,11H,2-7,9H2,1H3,(H,19,20). The van der Waals surface area contributed by atoms with E-state index >= 15 is 0 Å². The number of carboxylic acid groups (broad SMARTS) is 1. The molecule has 2 aliphatic rings. The summed E-state index contributed by atoms with van der Waals surface area (Å²) in [6.07, 6.45) is 2.76. The van der Waals surface area contributed by atoms with E-state index in [0.29, 0.717) is 11.6 Å². The first-order chi connectivity index (χ1) is 9.61. The second-order valence-corrected chi connectivity index (χ2v) is 5.73. The van der Waals surface area contributed by atoms with Crippen LogP contribution in [0.2, 0.25) is 0 Å². The van der Waals surface area contributed by atoms with E-state index in [-0.39, 0.29) is 5.69 Å². The molecule has 0 bridgehead atoms. The average molecular weight is 276 g/mol. The SMILES string of the molecule is Cc1cc(C(=O)O)nc(N2CCN(CC3CC3)CC2)n1. The fraction of sp³-hybridized carbons (Fsp3) is 0.643. The van der Waals surface area contributed by atoms with Crippen LogP contribution in [0, 0.1) is 12.8 Å². The molecular weight excluding hydrogens is 256 g/mol. The van der Waals surface area contributed by atoms with Crippen molar-refractivity contribution in [1.82, 2.24) is 14.9 Å². The number of piperazine rings is 1. The zero-order chi connectivity index (χ0) is 14.1. The van der Waals surface area contributed by atoms with E-state index in [1.54, 1.807) is 6.92 Å². The summed E-state index contributed by atoms with van der Waals surface area (Å²) in [5, 5.41) is 9.06. The van der Waals surface area contributed by atoms with E-state index in [1.807, 2.05) is 0 Å². The van der Waals surface area contributed by atoms with E-state index in [2.05, 4.69) is 19.8 Å². The Morgan fingerprint density at radius 2 is 2.00 bits per heavy atom. The first-order valence-corrected chi connectivity index (χ1v) is 7.18. The third-order valence-electron chi connectivity index (χ3n) is 3.93. The minimum absolute atomic E-state index is 0.0768. The second-order valence-electron chi connectivity index (χ2n) is 5.73. The fourth-order valence-electron chi connectivity index (χ4n) is 2.60. The highest BCUT2D eigenvalue weighted by molar-refractivity contribution is 5.85. The lowest BCUT2D eigenvalue weighted by atomic mass is 10.3. The summed E-state index contributed by atoms with van der Waals surface area (Å²) in [5.74, 6) is 0.466. The topological polar surface area (TPSA) is 69.6 Å². The van der Waals surface area contributed by atoms with Crippen LogP contribution in [0.3, 0.4) is 0 Å². The fourth-order valence-corrected chi connectivity index (χ4v) is 2.60. The van der Waals surface area contributed by atoms with E-state index in [0.717, 1.165) is 32.1 Å². The van der Waals surface area contributed by atoms with E-state index in [9.17, 15) is 4.79 Å². The van der Waals surface area contributed by atoms with Crippen LogP contribution in [0.4, 0.5) is 5.95 Å². The van der Waals surface area contributed by atoms with E-state index in [1.165, 1.54) is 25.5 Å². The van der Waals surface area contributed by atoms with Gasteiger partial charge in [-0.15, -0.1) is 0 Å². The minimum atomic E-state index is -0.996. The van der Waals surface area contributed by atoms with Gasteiger partial charge in [0, 0.05) is 38.4 Å². The number of aryl methyl sites for hydroxylation is 1. The lowest BCUT2D eigenvalue weighted by Crippen LogP contribution is -2.47. The van der Waals surface area contributed by atoms with Crippen LogP contribution in [0.5, 0.6) is 0 Å².